The number of benzene rings is 1. The van der Waals surface area contributed by atoms with E-state index in [1.54, 1.807) is 32.0 Å². The van der Waals surface area contributed by atoms with E-state index in [1.807, 2.05) is 30.5 Å². The number of nitrogens with one attached hydrogen (secondary N) is 1. The lowest BCUT2D eigenvalue weighted by atomic mass is 10.1. The van der Waals surface area contributed by atoms with E-state index in [2.05, 4.69) is 5.32 Å². The van der Waals surface area contributed by atoms with Crippen LogP contribution in [0.4, 0.5) is 0 Å². The molecule has 0 aliphatic carbocycles. The minimum absolute atomic E-state index is 0.181. The zero-order valence-corrected chi connectivity index (χ0v) is 15.1. The third-order valence-electron chi connectivity index (χ3n) is 3.55. The van der Waals surface area contributed by atoms with E-state index in [9.17, 15) is 4.79 Å². The molecule has 0 spiro atoms. The van der Waals surface area contributed by atoms with Crippen molar-refractivity contribution in [1.29, 1.82) is 0 Å². The molecule has 0 saturated heterocycles. The molecule has 2 aromatic rings. The summed E-state index contributed by atoms with van der Waals surface area (Å²) in [5.74, 6) is 3.39. The highest BCUT2D eigenvalue weighted by molar-refractivity contribution is 7.98. The van der Waals surface area contributed by atoms with Crippen molar-refractivity contribution in [2.75, 3.05) is 32.8 Å². The van der Waals surface area contributed by atoms with Crippen LogP contribution in [0.15, 0.2) is 34.7 Å². The van der Waals surface area contributed by atoms with E-state index < -0.39 is 0 Å². The van der Waals surface area contributed by atoms with Crippen LogP contribution in [-0.4, -0.2) is 38.7 Å². The second-order valence-corrected chi connectivity index (χ2v) is 6.21. The van der Waals surface area contributed by atoms with Gasteiger partial charge in [0.1, 0.15) is 17.3 Å². The van der Waals surface area contributed by atoms with Gasteiger partial charge in [0, 0.05) is 18.5 Å². The number of rotatable bonds is 9. The number of carbonyl (C=O) groups is 1. The molecule has 0 aliphatic rings. The summed E-state index contributed by atoms with van der Waals surface area (Å²) in [5.41, 5.74) is 0.943. The molecule has 0 radical (unpaired) electrons. The molecule has 0 atom stereocenters. The summed E-state index contributed by atoms with van der Waals surface area (Å²) in [6, 6.07) is 9.12. The standard InChI is InChI=1S/C18H23NO4S/c1-21-14-5-7-16(22-2)13(11-14)12-15-6-8-17(23-15)18(20)19-9-4-10-24-3/h5-8,11H,4,9-10,12H2,1-3H3,(H,19,20). The highest BCUT2D eigenvalue weighted by Crippen LogP contribution is 2.26. The van der Waals surface area contributed by atoms with Crippen LogP contribution < -0.4 is 14.8 Å². The maximum atomic E-state index is 12.0. The number of ether oxygens (including phenoxy) is 2. The fourth-order valence-electron chi connectivity index (χ4n) is 2.31. The van der Waals surface area contributed by atoms with E-state index in [0.29, 0.717) is 24.5 Å². The van der Waals surface area contributed by atoms with Gasteiger partial charge in [-0.2, -0.15) is 11.8 Å². The first-order valence-corrected chi connectivity index (χ1v) is 9.14. The van der Waals surface area contributed by atoms with Gasteiger partial charge in [-0.3, -0.25) is 4.79 Å². The molecule has 1 amide bonds. The molecular weight excluding hydrogens is 326 g/mol. The highest BCUT2D eigenvalue weighted by atomic mass is 32.2. The fraction of sp³-hybridized carbons (Fsp3) is 0.389. The third-order valence-corrected chi connectivity index (χ3v) is 4.25. The van der Waals surface area contributed by atoms with E-state index in [1.165, 1.54) is 0 Å². The number of amides is 1. The first kappa shape index (κ1) is 18.3. The molecule has 0 unspecified atom stereocenters. The Kier molecular flexibility index (Phi) is 7.06. The number of hydrogen-bond acceptors (Lipinski definition) is 5. The summed E-state index contributed by atoms with van der Waals surface area (Å²) < 4.78 is 16.3. The van der Waals surface area contributed by atoms with Crippen LogP contribution in [0.2, 0.25) is 0 Å². The lowest BCUT2D eigenvalue weighted by Gasteiger charge is -2.09. The molecule has 1 aromatic carbocycles. The number of furan rings is 1. The molecular formula is C18H23NO4S. The summed E-state index contributed by atoms with van der Waals surface area (Å²) in [4.78, 5) is 12.0. The van der Waals surface area contributed by atoms with Gasteiger partial charge < -0.3 is 19.2 Å². The van der Waals surface area contributed by atoms with E-state index in [0.717, 1.165) is 29.2 Å². The molecule has 0 aliphatic heterocycles. The maximum absolute atomic E-state index is 12.0. The Morgan fingerprint density at radius 1 is 1.21 bits per heavy atom. The average molecular weight is 349 g/mol. The zero-order chi connectivity index (χ0) is 17.4. The van der Waals surface area contributed by atoms with E-state index in [4.69, 9.17) is 13.9 Å². The Labute approximate surface area is 146 Å². The Morgan fingerprint density at radius 3 is 2.75 bits per heavy atom. The number of thioether (sulfide) groups is 1. The largest absolute Gasteiger partial charge is 0.497 e. The van der Waals surface area contributed by atoms with Crippen molar-refractivity contribution >= 4 is 17.7 Å². The van der Waals surface area contributed by atoms with Crippen LogP contribution in [-0.2, 0) is 6.42 Å². The molecule has 1 N–H and O–H groups in total. The summed E-state index contributed by atoms with van der Waals surface area (Å²) >= 11 is 1.76. The second kappa shape index (κ2) is 9.27. The van der Waals surface area contributed by atoms with Crippen LogP contribution in [0.1, 0.15) is 28.3 Å². The predicted molar refractivity (Wildman–Crippen MR) is 96.4 cm³/mol. The minimum Gasteiger partial charge on any atom is -0.497 e. The maximum Gasteiger partial charge on any atom is 0.286 e. The van der Waals surface area contributed by atoms with Crippen molar-refractivity contribution in [3.05, 3.63) is 47.4 Å². The molecule has 2 rings (SSSR count). The fourth-order valence-corrected chi connectivity index (χ4v) is 2.74. The molecule has 130 valence electrons. The van der Waals surface area contributed by atoms with E-state index in [-0.39, 0.29) is 5.91 Å². The number of hydrogen-bond donors (Lipinski definition) is 1. The Bertz CT molecular complexity index is 669. The molecule has 24 heavy (non-hydrogen) atoms. The summed E-state index contributed by atoms with van der Waals surface area (Å²) in [6.45, 7) is 0.652. The van der Waals surface area contributed by atoms with Gasteiger partial charge in [0.2, 0.25) is 0 Å². The van der Waals surface area contributed by atoms with Crippen molar-refractivity contribution in [3.63, 3.8) is 0 Å². The molecule has 5 nitrogen and oxygen atoms in total. The Balaban J connectivity index is 2.02. The molecule has 1 heterocycles. The van der Waals surface area contributed by atoms with Crippen molar-refractivity contribution in [3.8, 4) is 11.5 Å². The highest BCUT2D eigenvalue weighted by Gasteiger charge is 2.13. The first-order chi connectivity index (χ1) is 11.7. The molecule has 6 heteroatoms. The van der Waals surface area contributed by atoms with Crippen molar-refractivity contribution in [2.24, 2.45) is 0 Å². The van der Waals surface area contributed by atoms with Crippen LogP contribution in [0.25, 0.3) is 0 Å². The summed E-state index contributed by atoms with van der Waals surface area (Å²) in [7, 11) is 3.25. The van der Waals surface area contributed by atoms with Gasteiger partial charge in [0.25, 0.3) is 5.91 Å². The molecule has 1 aromatic heterocycles. The molecule has 0 saturated carbocycles. The van der Waals surface area contributed by atoms with Crippen molar-refractivity contribution in [2.45, 2.75) is 12.8 Å². The average Bonchev–Trinajstić information content (AvgIpc) is 3.07. The lowest BCUT2D eigenvalue weighted by Crippen LogP contribution is -2.24. The van der Waals surface area contributed by atoms with Crippen LogP contribution in [0.3, 0.4) is 0 Å². The second-order valence-electron chi connectivity index (χ2n) is 5.22. The molecule has 0 fully saturated rings. The zero-order valence-electron chi connectivity index (χ0n) is 14.3. The van der Waals surface area contributed by atoms with Crippen LogP contribution >= 0.6 is 11.8 Å². The molecule has 0 bridgehead atoms. The topological polar surface area (TPSA) is 60.7 Å². The van der Waals surface area contributed by atoms with Crippen molar-refractivity contribution < 1.29 is 18.7 Å². The summed E-state index contributed by atoms with van der Waals surface area (Å²) in [6.07, 6.45) is 3.52. The smallest absolute Gasteiger partial charge is 0.286 e. The quantitative estimate of drug-likeness (QED) is 0.703. The lowest BCUT2D eigenvalue weighted by molar-refractivity contribution is 0.0924. The van der Waals surface area contributed by atoms with Crippen LogP contribution in [0.5, 0.6) is 11.5 Å². The predicted octanol–water partition coefficient (Wildman–Crippen LogP) is 3.37. The van der Waals surface area contributed by atoms with Gasteiger partial charge in [-0.1, -0.05) is 0 Å². The van der Waals surface area contributed by atoms with Gasteiger partial charge in [-0.05, 0) is 48.8 Å². The van der Waals surface area contributed by atoms with Gasteiger partial charge in [-0.25, -0.2) is 0 Å². The SMILES string of the molecule is COc1ccc(OC)c(Cc2ccc(C(=O)NCCCSC)o2)c1. The number of carbonyl (C=O) groups excluding carboxylic acids is 1. The number of methoxy groups -OCH3 is 2. The van der Waals surface area contributed by atoms with Gasteiger partial charge in [0.05, 0.1) is 14.2 Å². The van der Waals surface area contributed by atoms with Crippen LogP contribution in [0, 0.1) is 0 Å². The minimum atomic E-state index is -0.181. The normalized spacial score (nSPS) is 10.5. The Hall–Kier alpha value is -2.08. The monoisotopic (exact) mass is 349 g/mol. The van der Waals surface area contributed by atoms with E-state index >= 15 is 0 Å². The Morgan fingerprint density at radius 2 is 2.04 bits per heavy atom. The van der Waals surface area contributed by atoms with Crippen molar-refractivity contribution in [1.82, 2.24) is 5.32 Å². The summed E-state index contributed by atoms with van der Waals surface area (Å²) in [5, 5.41) is 2.86. The first-order valence-electron chi connectivity index (χ1n) is 7.74. The van der Waals surface area contributed by atoms with Gasteiger partial charge in [-0.15, -0.1) is 0 Å². The van der Waals surface area contributed by atoms with Gasteiger partial charge >= 0.3 is 0 Å². The van der Waals surface area contributed by atoms with Gasteiger partial charge in [0.15, 0.2) is 5.76 Å². The third kappa shape index (κ3) is 4.96.